The summed E-state index contributed by atoms with van der Waals surface area (Å²) in [4.78, 5) is 15.2. The molecule has 10 aromatic rings. The van der Waals surface area contributed by atoms with E-state index in [0.717, 1.165) is 66.0 Å². The highest BCUT2D eigenvalue weighted by atomic mass is 16.3. The van der Waals surface area contributed by atoms with Crippen LogP contribution >= 0.6 is 0 Å². The van der Waals surface area contributed by atoms with Crippen molar-refractivity contribution in [3.8, 4) is 39.9 Å². The summed E-state index contributed by atoms with van der Waals surface area (Å²) < 4.78 is 8.69. The number of rotatable bonds is 4. The second-order valence-electron chi connectivity index (χ2n) is 12.0. The predicted molar refractivity (Wildman–Crippen MR) is 207 cm³/mol. The maximum atomic E-state index is 6.50. The minimum atomic E-state index is 0.567. The second-order valence-corrected chi connectivity index (χ2v) is 12.0. The van der Waals surface area contributed by atoms with Gasteiger partial charge in [0.1, 0.15) is 11.2 Å². The Bertz CT molecular complexity index is 2780. The number of aromatic nitrogens is 4. The zero-order valence-electron chi connectivity index (χ0n) is 27.7. The standard InChI is InChI=1S/C43H26N4O.C2H6/c1-3-13-28(14-4-1)41-44-42(29-15-5-2-6-16-29)46-43(45-41)47-36-21-10-9-18-33(36)34-20-11-19-32(40(34)47)30-22-24-35-38(26-30)48-37-25-23-27-12-7-8-17-31(27)39(35)37;1-2/h1-26H;1-2H3. The molecule has 0 fully saturated rings. The van der Waals surface area contributed by atoms with Crippen LogP contribution in [0.15, 0.2) is 162 Å². The third kappa shape index (κ3) is 4.74. The van der Waals surface area contributed by atoms with Crippen LogP contribution in [0.3, 0.4) is 0 Å². The van der Waals surface area contributed by atoms with Crippen molar-refractivity contribution in [2.75, 3.05) is 0 Å². The van der Waals surface area contributed by atoms with Gasteiger partial charge in [0.15, 0.2) is 11.6 Å². The van der Waals surface area contributed by atoms with Gasteiger partial charge in [-0.2, -0.15) is 9.97 Å². The molecule has 10 rings (SSSR count). The van der Waals surface area contributed by atoms with E-state index >= 15 is 0 Å². The molecule has 0 unspecified atom stereocenters. The monoisotopic (exact) mass is 644 g/mol. The summed E-state index contributed by atoms with van der Waals surface area (Å²) in [5, 5.41) is 6.91. The SMILES string of the molecule is CC.c1ccc(-c2nc(-c3ccccc3)nc(-n3c4ccccc4c4cccc(-c5ccc6c(c5)oc5ccc7ccccc7c56)c43)n2)cc1. The zero-order valence-corrected chi connectivity index (χ0v) is 27.7. The molecule has 5 heteroatoms. The molecule has 0 amide bonds. The first-order chi connectivity index (χ1) is 24.8. The Morgan fingerprint density at radius 1 is 0.460 bits per heavy atom. The van der Waals surface area contributed by atoms with Crippen molar-refractivity contribution < 1.29 is 4.42 Å². The van der Waals surface area contributed by atoms with Crippen LogP contribution in [0.2, 0.25) is 0 Å². The second kappa shape index (κ2) is 12.1. The minimum absolute atomic E-state index is 0.567. The number of benzene rings is 7. The lowest BCUT2D eigenvalue weighted by atomic mass is 9.99. The van der Waals surface area contributed by atoms with E-state index in [2.05, 4.69) is 102 Å². The van der Waals surface area contributed by atoms with Gasteiger partial charge in [-0.3, -0.25) is 4.57 Å². The Hall–Kier alpha value is -6.59. The summed E-state index contributed by atoms with van der Waals surface area (Å²) in [7, 11) is 0. The van der Waals surface area contributed by atoms with Crippen molar-refractivity contribution in [1.82, 2.24) is 19.5 Å². The van der Waals surface area contributed by atoms with Gasteiger partial charge in [0, 0.05) is 38.2 Å². The zero-order chi connectivity index (χ0) is 33.6. The van der Waals surface area contributed by atoms with Gasteiger partial charge in [-0.05, 0) is 40.6 Å². The first-order valence-electron chi connectivity index (χ1n) is 17.0. The van der Waals surface area contributed by atoms with Crippen molar-refractivity contribution >= 4 is 54.5 Å². The molecule has 50 heavy (non-hydrogen) atoms. The lowest BCUT2D eigenvalue weighted by Crippen LogP contribution is -2.06. The highest BCUT2D eigenvalue weighted by Crippen LogP contribution is 2.41. The van der Waals surface area contributed by atoms with Gasteiger partial charge in [-0.15, -0.1) is 0 Å². The normalized spacial score (nSPS) is 11.4. The van der Waals surface area contributed by atoms with Gasteiger partial charge in [-0.1, -0.05) is 147 Å². The van der Waals surface area contributed by atoms with E-state index in [1.54, 1.807) is 0 Å². The Kier molecular flexibility index (Phi) is 7.17. The van der Waals surface area contributed by atoms with Gasteiger partial charge < -0.3 is 4.42 Å². The predicted octanol–water partition coefficient (Wildman–Crippen LogP) is 12.0. The number of hydrogen-bond donors (Lipinski definition) is 0. The Morgan fingerprint density at radius 2 is 1.10 bits per heavy atom. The van der Waals surface area contributed by atoms with Crippen molar-refractivity contribution in [3.63, 3.8) is 0 Å². The lowest BCUT2D eigenvalue weighted by Gasteiger charge is -2.13. The number of fused-ring (bicyclic) bond motifs is 8. The maximum Gasteiger partial charge on any atom is 0.238 e. The fourth-order valence-electron chi connectivity index (χ4n) is 7.07. The van der Waals surface area contributed by atoms with Gasteiger partial charge in [0.2, 0.25) is 5.95 Å². The molecular formula is C45H32N4O. The third-order valence-corrected chi connectivity index (χ3v) is 9.26. The van der Waals surface area contributed by atoms with Gasteiger partial charge in [-0.25, -0.2) is 4.98 Å². The van der Waals surface area contributed by atoms with Crippen LogP contribution in [0.4, 0.5) is 0 Å². The van der Waals surface area contributed by atoms with E-state index < -0.39 is 0 Å². The van der Waals surface area contributed by atoms with Crippen LogP contribution in [-0.4, -0.2) is 19.5 Å². The highest BCUT2D eigenvalue weighted by Gasteiger charge is 2.21. The van der Waals surface area contributed by atoms with Crippen LogP contribution in [0.5, 0.6) is 0 Å². The van der Waals surface area contributed by atoms with Crippen molar-refractivity contribution in [1.29, 1.82) is 0 Å². The molecule has 0 spiro atoms. The van der Waals surface area contributed by atoms with Gasteiger partial charge in [0.05, 0.1) is 11.0 Å². The topological polar surface area (TPSA) is 56.7 Å². The van der Waals surface area contributed by atoms with Crippen LogP contribution in [-0.2, 0) is 0 Å². The molecule has 0 bridgehead atoms. The Balaban J connectivity index is 0.00000165. The minimum Gasteiger partial charge on any atom is -0.456 e. The van der Waals surface area contributed by atoms with Crippen LogP contribution in [0, 0.1) is 0 Å². The molecule has 0 atom stereocenters. The third-order valence-electron chi connectivity index (χ3n) is 9.26. The Morgan fingerprint density at radius 3 is 1.84 bits per heavy atom. The number of para-hydroxylation sites is 2. The van der Waals surface area contributed by atoms with Crippen molar-refractivity contribution in [2.24, 2.45) is 0 Å². The van der Waals surface area contributed by atoms with Gasteiger partial charge in [0.25, 0.3) is 0 Å². The largest absolute Gasteiger partial charge is 0.456 e. The quantitative estimate of drug-likeness (QED) is 0.191. The summed E-state index contributed by atoms with van der Waals surface area (Å²) in [5.74, 6) is 1.82. The molecule has 0 aliphatic carbocycles. The molecule has 7 aromatic carbocycles. The van der Waals surface area contributed by atoms with E-state index in [4.69, 9.17) is 19.4 Å². The summed E-state index contributed by atoms with van der Waals surface area (Å²) in [5.41, 5.74) is 7.80. The van der Waals surface area contributed by atoms with Crippen molar-refractivity contribution in [2.45, 2.75) is 13.8 Å². The molecular weight excluding hydrogens is 613 g/mol. The summed E-state index contributed by atoms with van der Waals surface area (Å²) >= 11 is 0. The summed E-state index contributed by atoms with van der Waals surface area (Å²) in [6.45, 7) is 4.00. The highest BCUT2D eigenvalue weighted by molar-refractivity contribution is 6.19. The molecule has 3 heterocycles. The van der Waals surface area contributed by atoms with E-state index in [0.29, 0.717) is 17.6 Å². The fourth-order valence-corrected chi connectivity index (χ4v) is 7.07. The molecule has 3 aromatic heterocycles. The first-order valence-corrected chi connectivity index (χ1v) is 17.0. The molecule has 5 nitrogen and oxygen atoms in total. The summed E-state index contributed by atoms with van der Waals surface area (Å²) in [6.07, 6.45) is 0. The first kappa shape index (κ1) is 29.5. The van der Waals surface area contributed by atoms with E-state index in [9.17, 15) is 0 Å². The van der Waals surface area contributed by atoms with E-state index in [1.165, 1.54) is 10.8 Å². The van der Waals surface area contributed by atoms with Crippen LogP contribution < -0.4 is 0 Å². The smallest absolute Gasteiger partial charge is 0.238 e. The van der Waals surface area contributed by atoms with Crippen LogP contribution in [0.25, 0.3) is 94.4 Å². The molecule has 0 saturated heterocycles. The fraction of sp³-hybridized carbons (Fsp3) is 0.0444. The maximum absolute atomic E-state index is 6.50. The van der Waals surface area contributed by atoms with Crippen molar-refractivity contribution in [3.05, 3.63) is 158 Å². The lowest BCUT2D eigenvalue weighted by molar-refractivity contribution is 0.669. The molecule has 0 radical (unpaired) electrons. The molecule has 0 N–H and O–H groups in total. The average Bonchev–Trinajstić information content (AvgIpc) is 3.75. The molecule has 0 aliphatic heterocycles. The Labute approximate surface area is 289 Å². The van der Waals surface area contributed by atoms with E-state index in [-0.39, 0.29) is 0 Å². The molecule has 238 valence electrons. The number of nitrogens with zero attached hydrogens (tertiary/aromatic N) is 4. The molecule has 0 aliphatic rings. The van der Waals surface area contributed by atoms with Crippen LogP contribution in [0.1, 0.15) is 13.8 Å². The number of furan rings is 1. The summed E-state index contributed by atoms with van der Waals surface area (Å²) in [6, 6.07) is 54.4. The van der Waals surface area contributed by atoms with Gasteiger partial charge >= 0.3 is 0 Å². The van der Waals surface area contributed by atoms with E-state index in [1.807, 2.05) is 74.5 Å². The number of hydrogen-bond acceptors (Lipinski definition) is 4. The average molecular weight is 645 g/mol. The molecule has 0 saturated carbocycles.